The Kier molecular flexibility index (Phi) is 5.23. The summed E-state index contributed by atoms with van der Waals surface area (Å²) >= 11 is 5.90. The predicted molar refractivity (Wildman–Crippen MR) is 62.6 cm³/mol. The first-order valence-electron chi connectivity index (χ1n) is 3.63. The molecule has 0 saturated carbocycles. The Balaban J connectivity index is 0.000000845. The maximum atomic E-state index is 5.90. The number of halogens is 3. The number of nitrogens with two attached hydrogens (primary N) is 1. The molecule has 2 N–H and O–H groups in total. The van der Waals surface area contributed by atoms with Gasteiger partial charge in [-0.15, -0.1) is 24.8 Å². The van der Waals surface area contributed by atoms with Crippen LogP contribution >= 0.6 is 36.4 Å². The maximum Gasteiger partial charge on any atom is 0.155 e. The largest absolute Gasteiger partial charge is 0.325 e. The third-order valence-electron chi connectivity index (χ3n) is 1.69. The lowest BCUT2D eigenvalue weighted by Crippen LogP contribution is -1.95. The zero-order chi connectivity index (χ0) is 8.55. The molecule has 0 radical (unpaired) electrons. The lowest BCUT2D eigenvalue weighted by molar-refractivity contribution is 1.02. The van der Waals surface area contributed by atoms with Gasteiger partial charge in [-0.2, -0.15) is 0 Å². The van der Waals surface area contributed by atoms with E-state index in [1.54, 1.807) is 0 Å². The number of hydrogen-bond acceptors (Lipinski definition) is 2. The number of fused-ring (bicyclic) bond motifs is 1. The van der Waals surface area contributed by atoms with Crippen molar-refractivity contribution in [1.29, 1.82) is 0 Å². The van der Waals surface area contributed by atoms with Gasteiger partial charge in [-0.3, -0.25) is 0 Å². The third-order valence-corrected chi connectivity index (χ3v) is 1.99. The number of aromatic nitrogens is 2. The molecule has 0 atom stereocenters. The molecule has 0 amide bonds. The minimum Gasteiger partial charge on any atom is -0.325 e. The molecule has 0 aromatic carbocycles. The van der Waals surface area contributed by atoms with E-state index in [9.17, 15) is 0 Å². The van der Waals surface area contributed by atoms with Crippen molar-refractivity contribution < 1.29 is 0 Å². The Labute approximate surface area is 99.1 Å². The van der Waals surface area contributed by atoms with Crippen LogP contribution in [0, 0.1) is 0 Å². The van der Waals surface area contributed by atoms with Crippen LogP contribution in [0.2, 0.25) is 5.02 Å². The molecule has 2 heterocycles. The Hall–Kier alpha value is -0.480. The van der Waals surface area contributed by atoms with Crippen LogP contribution < -0.4 is 5.73 Å². The van der Waals surface area contributed by atoms with Gasteiger partial charge in [0, 0.05) is 18.9 Å². The summed E-state index contributed by atoms with van der Waals surface area (Å²) in [7, 11) is 0. The number of hydrogen-bond donors (Lipinski definition) is 1. The fourth-order valence-corrected chi connectivity index (χ4v) is 1.34. The molecule has 3 nitrogen and oxygen atoms in total. The molecule has 78 valence electrons. The van der Waals surface area contributed by atoms with Crippen molar-refractivity contribution >= 4 is 42.1 Å². The topological polar surface area (TPSA) is 43.3 Å². The summed E-state index contributed by atoms with van der Waals surface area (Å²) in [6, 6.07) is 3.68. The Morgan fingerprint density at radius 3 is 2.71 bits per heavy atom. The van der Waals surface area contributed by atoms with Gasteiger partial charge in [0.15, 0.2) is 5.65 Å². The lowest BCUT2D eigenvalue weighted by atomic mass is 10.5. The average Bonchev–Trinajstić information content (AvgIpc) is 2.49. The first-order chi connectivity index (χ1) is 5.81. The van der Waals surface area contributed by atoms with Crippen LogP contribution in [0.3, 0.4) is 0 Å². The van der Waals surface area contributed by atoms with Crippen LogP contribution in [0.25, 0.3) is 5.65 Å². The van der Waals surface area contributed by atoms with Gasteiger partial charge in [-0.05, 0) is 12.1 Å². The zero-order valence-electron chi connectivity index (χ0n) is 7.18. The second-order valence-electron chi connectivity index (χ2n) is 2.52. The van der Waals surface area contributed by atoms with E-state index in [0.29, 0.717) is 11.6 Å². The molecule has 0 aliphatic rings. The van der Waals surface area contributed by atoms with E-state index in [0.717, 1.165) is 11.3 Å². The summed E-state index contributed by atoms with van der Waals surface area (Å²) in [6.07, 6.45) is 3.77. The summed E-state index contributed by atoms with van der Waals surface area (Å²) in [4.78, 5) is 4.24. The molecule has 0 aliphatic heterocycles. The van der Waals surface area contributed by atoms with Crippen molar-refractivity contribution in [2.75, 3.05) is 0 Å². The minimum absolute atomic E-state index is 0. The normalized spacial score (nSPS) is 9.29. The van der Waals surface area contributed by atoms with Crippen LogP contribution in [0.4, 0.5) is 0 Å². The van der Waals surface area contributed by atoms with E-state index in [4.69, 9.17) is 17.3 Å². The highest BCUT2D eigenvalue weighted by atomic mass is 35.5. The summed E-state index contributed by atoms with van der Waals surface area (Å²) < 4.78 is 1.87. The van der Waals surface area contributed by atoms with Crippen LogP contribution in [-0.2, 0) is 6.54 Å². The number of imidazole rings is 1. The minimum atomic E-state index is 0. The first kappa shape index (κ1) is 13.5. The smallest absolute Gasteiger partial charge is 0.155 e. The van der Waals surface area contributed by atoms with E-state index in [1.165, 1.54) is 0 Å². The van der Waals surface area contributed by atoms with E-state index >= 15 is 0 Å². The molecule has 2 aromatic rings. The second kappa shape index (κ2) is 5.41. The average molecular weight is 255 g/mol. The predicted octanol–water partition coefficient (Wildman–Crippen LogP) is 2.29. The maximum absolute atomic E-state index is 5.90. The standard InChI is InChI=1S/C8H8ClN3.2ClH/c9-7-2-1-3-12-5-6(4-10)11-8(7)12;;/h1-3,5H,4,10H2;2*1H. The van der Waals surface area contributed by atoms with Crippen LogP contribution in [-0.4, -0.2) is 9.38 Å². The molecular weight excluding hydrogens is 244 g/mol. The number of pyridine rings is 1. The van der Waals surface area contributed by atoms with Crippen LogP contribution in [0.15, 0.2) is 24.5 Å². The van der Waals surface area contributed by atoms with Crippen molar-refractivity contribution in [1.82, 2.24) is 9.38 Å². The molecule has 14 heavy (non-hydrogen) atoms. The summed E-state index contributed by atoms with van der Waals surface area (Å²) in [5, 5.41) is 0.650. The van der Waals surface area contributed by atoms with E-state index in [1.807, 2.05) is 28.9 Å². The van der Waals surface area contributed by atoms with Crippen molar-refractivity contribution in [3.63, 3.8) is 0 Å². The Morgan fingerprint density at radius 1 is 1.43 bits per heavy atom. The highest BCUT2D eigenvalue weighted by molar-refractivity contribution is 6.33. The molecule has 2 aromatic heterocycles. The highest BCUT2D eigenvalue weighted by Gasteiger charge is 2.01. The van der Waals surface area contributed by atoms with E-state index in [2.05, 4.69) is 4.98 Å². The Bertz CT molecular complexity index is 413. The first-order valence-corrected chi connectivity index (χ1v) is 4.01. The van der Waals surface area contributed by atoms with E-state index in [-0.39, 0.29) is 24.8 Å². The molecular formula is C8H10Cl3N3. The molecule has 0 bridgehead atoms. The molecule has 0 spiro atoms. The van der Waals surface area contributed by atoms with E-state index < -0.39 is 0 Å². The molecule has 2 rings (SSSR count). The third kappa shape index (κ3) is 2.30. The zero-order valence-corrected chi connectivity index (χ0v) is 9.57. The number of nitrogens with zero attached hydrogens (tertiary/aromatic N) is 2. The molecule has 6 heteroatoms. The van der Waals surface area contributed by atoms with Gasteiger partial charge < -0.3 is 10.1 Å². The summed E-state index contributed by atoms with van der Waals surface area (Å²) in [6.45, 7) is 0.442. The summed E-state index contributed by atoms with van der Waals surface area (Å²) in [5.41, 5.74) is 7.06. The summed E-state index contributed by atoms with van der Waals surface area (Å²) in [5.74, 6) is 0. The van der Waals surface area contributed by atoms with Gasteiger partial charge in [-0.25, -0.2) is 4.98 Å². The number of rotatable bonds is 1. The fraction of sp³-hybridized carbons (Fsp3) is 0.125. The molecule has 0 fully saturated rings. The van der Waals surface area contributed by atoms with Gasteiger partial charge >= 0.3 is 0 Å². The molecule has 0 saturated heterocycles. The SMILES string of the molecule is Cl.Cl.NCc1cn2cccc(Cl)c2n1. The van der Waals surface area contributed by atoms with Gasteiger partial charge in [0.25, 0.3) is 0 Å². The van der Waals surface area contributed by atoms with Gasteiger partial charge in [0.1, 0.15) is 0 Å². The van der Waals surface area contributed by atoms with Gasteiger partial charge in [0.2, 0.25) is 0 Å². The van der Waals surface area contributed by atoms with Crippen molar-refractivity contribution in [2.45, 2.75) is 6.54 Å². The van der Waals surface area contributed by atoms with Crippen molar-refractivity contribution in [3.05, 3.63) is 35.2 Å². The van der Waals surface area contributed by atoms with Gasteiger partial charge in [-0.1, -0.05) is 11.6 Å². The fourth-order valence-electron chi connectivity index (χ4n) is 1.13. The Morgan fingerprint density at radius 2 is 2.14 bits per heavy atom. The molecule has 0 unspecified atom stereocenters. The van der Waals surface area contributed by atoms with Crippen molar-refractivity contribution in [2.24, 2.45) is 5.73 Å². The van der Waals surface area contributed by atoms with Crippen LogP contribution in [0.1, 0.15) is 5.69 Å². The van der Waals surface area contributed by atoms with Gasteiger partial charge in [0.05, 0.1) is 10.7 Å². The second-order valence-corrected chi connectivity index (χ2v) is 2.93. The quantitative estimate of drug-likeness (QED) is 0.848. The van der Waals surface area contributed by atoms with Crippen LogP contribution in [0.5, 0.6) is 0 Å². The van der Waals surface area contributed by atoms with Crippen molar-refractivity contribution in [3.8, 4) is 0 Å². The lowest BCUT2D eigenvalue weighted by Gasteiger charge is -1.92. The molecule has 0 aliphatic carbocycles. The highest BCUT2D eigenvalue weighted by Crippen LogP contribution is 2.15. The monoisotopic (exact) mass is 253 g/mol.